The third kappa shape index (κ3) is 5.45. The molecule has 2 fully saturated rings. The summed E-state index contributed by atoms with van der Waals surface area (Å²) in [6.45, 7) is 1.54. The zero-order valence-electron chi connectivity index (χ0n) is 21.2. The van der Waals surface area contributed by atoms with Crippen molar-refractivity contribution in [1.82, 2.24) is 10.3 Å². The molecule has 0 radical (unpaired) electrons. The van der Waals surface area contributed by atoms with Gasteiger partial charge in [-0.3, -0.25) is 0 Å². The molecule has 3 heterocycles. The molecular weight excluding hydrogens is 496 g/mol. The Morgan fingerprint density at radius 2 is 1.73 bits per heavy atom. The van der Waals surface area contributed by atoms with Gasteiger partial charge < -0.3 is 15.5 Å². The number of benzene rings is 2. The van der Waals surface area contributed by atoms with Gasteiger partial charge in [0.05, 0.1) is 11.0 Å². The molecule has 1 aliphatic carbocycles. The van der Waals surface area contributed by atoms with Gasteiger partial charge in [0.15, 0.2) is 0 Å². The summed E-state index contributed by atoms with van der Waals surface area (Å²) in [6, 6.07) is 20.2. The molecule has 1 saturated carbocycles. The third-order valence-electron chi connectivity index (χ3n) is 8.25. The molecule has 2 aliphatic heterocycles. The van der Waals surface area contributed by atoms with E-state index in [9.17, 15) is 10.2 Å². The highest BCUT2D eigenvalue weighted by molar-refractivity contribution is 8.08. The molecular formula is C31H36N2O2S2. The van der Waals surface area contributed by atoms with Gasteiger partial charge in [0.1, 0.15) is 10.6 Å². The molecule has 1 aromatic heterocycles. The van der Waals surface area contributed by atoms with Crippen LogP contribution in [0.3, 0.4) is 0 Å². The van der Waals surface area contributed by atoms with E-state index >= 15 is 0 Å². The van der Waals surface area contributed by atoms with Gasteiger partial charge in [-0.25, -0.2) is 4.98 Å². The van der Waals surface area contributed by atoms with Crippen LogP contribution in [0.5, 0.6) is 0 Å². The van der Waals surface area contributed by atoms with E-state index < -0.39 is 5.60 Å². The summed E-state index contributed by atoms with van der Waals surface area (Å²) in [5, 5.41) is 25.4. The predicted octanol–water partition coefficient (Wildman–Crippen LogP) is 6.74. The van der Waals surface area contributed by atoms with Crippen molar-refractivity contribution in [3.05, 3.63) is 93.4 Å². The molecule has 6 heteroatoms. The Morgan fingerprint density at radius 1 is 0.946 bits per heavy atom. The standard InChI is InChI=1S/C31H36N2O2S2/c34-25-17-24(18-25)21-11-13-22(14-12-21)26-9-4-5-10-27(36-29(26)23-7-2-1-3-8-23)28-19-33-30(37-28)31(35)15-6-16-32-20-31/h1-3,7-8,10-14,19,24-26,29,32,34-35H,4-6,9,15-18,20H2/b27-10+. The van der Waals surface area contributed by atoms with E-state index in [2.05, 4.69) is 66.0 Å². The van der Waals surface area contributed by atoms with Crippen LogP contribution >= 0.6 is 23.1 Å². The lowest BCUT2D eigenvalue weighted by Gasteiger charge is -2.33. The van der Waals surface area contributed by atoms with E-state index in [1.165, 1.54) is 26.5 Å². The Morgan fingerprint density at radius 3 is 2.46 bits per heavy atom. The monoisotopic (exact) mass is 532 g/mol. The van der Waals surface area contributed by atoms with Crippen molar-refractivity contribution >= 4 is 28.0 Å². The van der Waals surface area contributed by atoms with E-state index in [1.54, 1.807) is 11.3 Å². The van der Waals surface area contributed by atoms with Gasteiger partial charge in [-0.05, 0) is 74.1 Å². The van der Waals surface area contributed by atoms with Gasteiger partial charge >= 0.3 is 0 Å². The van der Waals surface area contributed by atoms with Crippen LogP contribution in [0.2, 0.25) is 0 Å². The van der Waals surface area contributed by atoms with Crippen molar-refractivity contribution in [1.29, 1.82) is 0 Å². The molecule has 4 nitrogen and oxygen atoms in total. The average molecular weight is 533 g/mol. The van der Waals surface area contributed by atoms with E-state index in [0.29, 0.717) is 23.6 Å². The number of thiazole rings is 1. The first-order valence-corrected chi connectivity index (χ1v) is 15.4. The summed E-state index contributed by atoms with van der Waals surface area (Å²) in [4.78, 5) is 7.17. The highest BCUT2D eigenvalue weighted by atomic mass is 32.2. The van der Waals surface area contributed by atoms with E-state index in [4.69, 9.17) is 4.98 Å². The summed E-state index contributed by atoms with van der Waals surface area (Å²) < 4.78 is 0. The Bertz CT molecular complexity index is 1210. The van der Waals surface area contributed by atoms with Crippen LogP contribution in [0, 0.1) is 0 Å². The molecule has 0 spiro atoms. The number of thioether (sulfide) groups is 1. The first kappa shape index (κ1) is 25.3. The molecule has 194 valence electrons. The van der Waals surface area contributed by atoms with Crippen molar-refractivity contribution in [3.8, 4) is 0 Å². The van der Waals surface area contributed by atoms with Crippen LogP contribution < -0.4 is 5.32 Å². The summed E-state index contributed by atoms with van der Waals surface area (Å²) in [7, 11) is 0. The number of rotatable bonds is 5. The number of aliphatic hydroxyl groups excluding tert-OH is 1. The lowest BCUT2D eigenvalue weighted by molar-refractivity contribution is 0.0121. The number of β-amino-alcohol motifs (C(OH)–C–C–N with tert-alkyl or cyclic N) is 1. The van der Waals surface area contributed by atoms with Crippen LogP contribution in [0.25, 0.3) is 4.91 Å². The first-order valence-electron chi connectivity index (χ1n) is 13.7. The Kier molecular flexibility index (Phi) is 7.55. The van der Waals surface area contributed by atoms with E-state index in [1.807, 2.05) is 18.0 Å². The topological polar surface area (TPSA) is 65.4 Å². The second kappa shape index (κ2) is 11.0. The number of aliphatic hydroxyl groups is 2. The molecule has 3 unspecified atom stereocenters. The molecule has 3 aliphatic rings. The van der Waals surface area contributed by atoms with Gasteiger partial charge in [-0.2, -0.15) is 0 Å². The molecule has 3 aromatic rings. The fraction of sp³-hybridized carbons (Fsp3) is 0.452. The van der Waals surface area contributed by atoms with E-state index in [-0.39, 0.29) is 6.10 Å². The van der Waals surface area contributed by atoms with Gasteiger partial charge in [0.25, 0.3) is 0 Å². The minimum Gasteiger partial charge on any atom is -0.393 e. The van der Waals surface area contributed by atoms with Crippen LogP contribution in [-0.4, -0.2) is 34.4 Å². The maximum atomic E-state index is 11.2. The lowest BCUT2D eigenvalue weighted by Crippen LogP contribution is -2.43. The summed E-state index contributed by atoms with van der Waals surface area (Å²) in [6.07, 6.45) is 11.1. The average Bonchev–Trinajstić information content (AvgIpc) is 3.40. The van der Waals surface area contributed by atoms with Crippen molar-refractivity contribution in [2.45, 2.75) is 73.7 Å². The quantitative estimate of drug-likeness (QED) is 0.340. The van der Waals surface area contributed by atoms with Crippen LogP contribution in [0.4, 0.5) is 0 Å². The first-order chi connectivity index (χ1) is 18.1. The fourth-order valence-corrected chi connectivity index (χ4v) is 8.63. The maximum absolute atomic E-state index is 11.2. The van der Waals surface area contributed by atoms with Crippen molar-refractivity contribution in [2.24, 2.45) is 0 Å². The third-order valence-corrected chi connectivity index (χ3v) is 11.1. The van der Waals surface area contributed by atoms with Crippen molar-refractivity contribution in [2.75, 3.05) is 13.1 Å². The fourth-order valence-electron chi connectivity index (χ4n) is 5.98. The molecule has 0 amide bonds. The number of nitrogens with one attached hydrogen (secondary N) is 1. The molecule has 2 aromatic carbocycles. The van der Waals surface area contributed by atoms with Gasteiger partial charge in [-0.1, -0.05) is 60.7 Å². The summed E-state index contributed by atoms with van der Waals surface area (Å²) in [5.74, 6) is 0.918. The minimum absolute atomic E-state index is 0.123. The van der Waals surface area contributed by atoms with Gasteiger partial charge in [0, 0.05) is 28.8 Å². The second-order valence-electron chi connectivity index (χ2n) is 10.9. The molecule has 3 N–H and O–H groups in total. The molecule has 37 heavy (non-hydrogen) atoms. The number of aromatic nitrogens is 1. The maximum Gasteiger partial charge on any atom is 0.128 e. The van der Waals surface area contributed by atoms with Crippen LogP contribution in [0.1, 0.15) is 88.6 Å². The predicted molar refractivity (Wildman–Crippen MR) is 154 cm³/mol. The SMILES string of the molecule is OC1CC(c2ccc(C3CCC/C=C(\c4cnc(C5(O)CCCNC5)s4)SC3c3ccccc3)cc2)C1. The summed E-state index contributed by atoms with van der Waals surface area (Å²) >= 11 is 3.62. The molecule has 0 bridgehead atoms. The zero-order valence-corrected chi connectivity index (χ0v) is 22.8. The zero-order chi connectivity index (χ0) is 25.2. The van der Waals surface area contributed by atoms with Crippen LogP contribution in [0.15, 0.2) is 66.9 Å². The minimum atomic E-state index is -0.854. The molecule has 3 atom stereocenters. The smallest absolute Gasteiger partial charge is 0.128 e. The number of piperidine rings is 1. The van der Waals surface area contributed by atoms with E-state index in [0.717, 1.165) is 56.5 Å². The Labute approximate surface area is 228 Å². The Hall–Kier alpha value is -1.96. The second-order valence-corrected chi connectivity index (χ2v) is 13.1. The highest BCUT2D eigenvalue weighted by Gasteiger charge is 2.35. The lowest BCUT2D eigenvalue weighted by atomic mass is 9.77. The van der Waals surface area contributed by atoms with Crippen LogP contribution in [-0.2, 0) is 5.60 Å². The summed E-state index contributed by atoms with van der Waals surface area (Å²) in [5.41, 5.74) is 3.26. The normalized spacial score (nSPS) is 32.0. The molecule has 6 rings (SSSR count). The highest BCUT2D eigenvalue weighted by Crippen LogP contribution is 2.52. The molecule has 1 saturated heterocycles. The van der Waals surface area contributed by atoms with Gasteiger partial charge in [0.2, 0.25) is 0 Å². The number of allylic oxidation sites excluding steroid dienone is 1. The number of nitrogens with zero attached hydrogens (tertiary/aromatic N) is 1. The largest absolute Gasteiger partial charge is 0.393 e. The number of hydrogen-bond donors (Lipinski definition) is 3. The Balaban J connectivity index is 1.29. The number of hydrogen-bond acceptors (Lipinski definition) is 6. The van der Waals surface area contributed by atoms with Gasteiger partial charge in [-0.15, -0.1) is 23.1 Å². The van der Waals surface area contributed by atoms with Crippen molar-refractivity contribution in [3.63, 3.8) is 0 Å². The van der Waals surface area contributed by atoms with Crippen molar-refractivity contribution < 1.29 is 10.2 Å².